The van der Waals surface area contributed by atoms with Crippen LogP contribution in [0.15, 0.2) is 24.3 Å². The number of hydrogen-bond acceptors (Lipinski definition) is 2. The monoisotopic (exact) mass is 202 g/mol. The summed E-state index contributed by atoms with van der Waals surface area (Å²) in [4.78, 5) is 0. The summed E-state index contributed by atoms with van der Waals surface area (Å²) >= 11 is 2.84. The quantitative estimate of drug-likeness (QED) is 0.794. The fourth-order valence-corrected chi connectivity index (χ4v) is 1.03. The molecule has 0 bridgehead atoms. The van der Waals surface area contributed by atoms with Crippen LogP contribution in [0, 0.1) is 0 Å². The van der Waals surface area contributed by atoms with E-state index in [9.17, 15) is 0 Å². The Labute approximate surface area is 67.9 Å². The van der Waals surface area contributed by atoms with Crippen LogP contribution in [0.4, 0.5) is 0 Å². The van der Waals surface area contributed by atoms with E-state index in [-0.39, 0.29) is 6.61 Å². The van der Waals surface area contributed by atoms with Crippen molar-refractivity contribution in [2.45, 2.75) is 6.61 Å². The minimum Gasteiger partial charge on any atom is -0.418 e. The average Bonchev–Trinajstić information content (AvgIpc) is 2.04. The first-order chi connectivity index (χ1) is 4.88. The molecule has 0 saturated heterocycles. The smallest absolute Gasteiger partial charge is 0.179 e. The zero-order valence-corrected chi connectivity index (χ0v) is 6.84. The molecule has 0 aliphatic carbocycles. The number of hydrogen-bond donors (Lipinski definition) is 1. The first-order valence-corrected chi connectivity index (χ1v) is 3.50. The zero-order valence-electron chi connectivity index (χ0n) is 5.25. The molecule has 1 aromatic carbocycles. The van der Waals surface area contributed by atoms with Crippen LogP contribution in [-0.4, -0.2) is 5.11 Å². The lowest BCUT2D eigenvalue weighted by Gasteiger charge is -2.00. The predicted octanol–water partition coefficient (Wildman–Crippen LogP) is 1.87. The summed E-state index contributed by atoms with van der Waals surface area (Å²) in [5.41, 5.74) is 0.777. The van der Waals surface area contributed by atoms with E-state index < -0.39 is 0 Å². The number of para-hydroxylation sites is 1. The number of aliphatic hydroxyl groups is 1. The summed E-state index contributed by atoms with van der Waals surface area (Å²) in [5, 5.41) is 8.75. The van der Waals surface area contributed by atoms with Gasteiger partial charge in [-0.15, -0.1) is 0 Å². The van der Waals surface area contributed by atoms with Crippen molar-refractivity contribution in [3.63, 3.8) is 0 Å². The predicted molar refractivity (Wildman–Crippen MR) is 41.9 cm³/mol. The molecule has 2 nitrogen and oxygen atoms in total. The molecule has 1 aromatic rings. The molecule has 1 N–H and O–H groups in total. The van der Waals surface area contributed by atoms with Crippen molar-refractivity contribution in [3.05, 3.63) is 29.8 Å². The van der Waals surface area contributed by atoms with Gasteiger partial charge in [0.2, 0.25) is 0 Å². The molecule has 0 fully saturated rings. The van der Waals surface area contributed by atoms with Crippen molar-refractivity contribution in [3.8, 4) is 5.75 Å². The van der Waals surface area contributed by atoms with Crippen LogP contribution in [0.3, 0.4) is 0 Å². The summed E-state index contributed by atoms with van der Waals surface area (Å²) in [7, 11) is 0. The first kappa shape index (κ1) is 7.57. The van der Waals surface area contributed by atoms with Gasteiger partial charge in [-0.2, -0.15) is 0 Å². The van der Waals surface area contributed by atoms with Crippen LogP contribution in [0.25, 0.3) is 0 Å². The van der Waals surface area contributed by atoms with Crippen LogP contribution in [0.2, 0.25) is 0 Å². The molecular weight excluding hydrogens is 196 g/mol. The first-order valence-electron chi connectivity index (χ1n) is 2.86. The van der Waals surface area contributed by atoms with Gasteiger partial charge in [-0.3, -0.25) is 0 Å². The van der Waals surface area contributed by atoms with Gasteiger partial charge in [-0.05, 0) is 6.07 Å². The molecule has 0 radical (unpaired) electrons. The summed E-state index contributed by atoms with van der Waals surface area (Å²) in [6, 6.07) is 7.27. The lowest BCUT2D eigenvalue weighted by atomic mass is 10.2. The van der Waals surface area contributed by atoms with Gasteiger partial charge < -0.3 is 8.93 Å². The number of halogens is 1. The Bertz CT molecular complexity index is 190. The maximum atomic E-state index is 8.75. The highest BCUT2D eigenvalue weighted by molar-refractivity contribution is 9.06. The van der Waals surface area contributed by atoms with E-state index in [0.29, 0.717) is 5.75 Å². The Balaban J connectivity index is 2.96. The lowest BCUT2D eigenvalue weighted by molar-refractivity contribution is 0.279. The van der Waals surface area contributed by atoms with Crippen molar-refractivity contribution in [2.24, 2.45) is 0 Å². The van der Waals surface area contributed by atoms with Gasteiger partial charge >= 0.3 is 0 Å². The van der Waals surface area contributed by atoms with Crippen LogP contribution < -0.4 is 3.83 Å². The lowest BCUT2D eigenvalue weighted by Crippen LogP contribution is -1.85. The second-order valence-corrected chi connectivity index (χ2v) is 2.17. The van der Waals surface area contributed by atoms with E-state index >= 15 is 0 Å². The van der Waals surface area contributed by atoms with Crippen LogP contribution >= 0.6 is 16.3 Å². The van der Waals surface area contributed by atoms with Gasteiger partial charge in [0.15, 0.2) is 16.3 Å². The van der Waals surface area contributed by atoms with E-state index in [2.05, 4.69) is 16.3 Å². The van der Waals surface area contributed by atoms with Gasteiger partial charge in [0, 0.05) is 5.56 Å². The van der Waals surface area contributed by atoms with E-state index in [1.165, 1.54) is 0 Å². The molecule has 0 spiro atoms. The normalized spacial score (nSPS) is 9.40. The summed E-state index contributed by atoms with van der Waals surface area (Å²) in [6.45, 7) is 0.00176. The van der Waals surface area contributed by atoms with Crippen molar-refractivity contribution in [2.75, 3.05) is 0 Å². The third-order valence-corrected chi connectivity index (χ3v) is 1.57. The number of aliphatic hydroxyl groups excluding tert-OH is 1. The number of benzene rings is 1. The SMILES string of the molecule is OCc1ccccc1OBr. The molecule has 0 saturated carbocycles. The molecule has 0 atom stereocenters. The van der Waals surface area contributed by atoms with Gasteiger partial charge in [-0.1, -0.05) is 18.2 Å². The van der Waals surface area contributed by atoms with Crippen molar-refractivity contribution in [1.82, 2.24) is 0 Å². The Kier molecular flexibility index (Phi) is 2.71. The van der Waals surface area contributed by atoms with Gasteiger partial charge in [0.1, 0.15) is 5.75 Å². The minimum atomic E-state index is 0.00176. The zero-order chi connectivity index (χ0) is 7.40. The average molecular weight is 203 g/mol. The highest BCUT2D eigenvalue weighted by Crippen LogP contribution is 2.18. The summed E-state index contributed by atoms with van der Waals surface area (Å²) < 4.78 is 4.79. The maximum Gasteiger partial charge on any atom is 0.179 e. The Morgan fingerprint density at radius 3 is 2.60 bits per heavy atom. The van der Waals surface area contributed by atoms with Gasteiger partial charge in [0.05, 0.1) is 6.61 Å². The second-order valence-electron chi connectivity index (χ2n) is 1.84. The van der Waals surface area contributed by atoms with Crippen LogP contribution in [0.1, 0.15) is 5.56 Å². The van der Waals surface area contributed by atoms with Crippen molar-refractivity contribution >= 4 is 16.3 Å². The molecule has 0 aromatic heterocycles. The van der Waals surface area contributed by atoms with Crippen molar-refractivity contribution < 1.29 is 8.93 Å². The maximum absolute atomic E-state index is 8.75. The van der Waals surface area contributed by atoms with Crippen LogP contribution in [-0.2, 0) is 6.61 Å². The fourth-order valence-electron chi connectivity index (χ4n) is 0.710. The Hall–Kier alpha value is -0.540. The molecule has 3 heteroatoms. The summed E-state index contributed by atoms with van der Waals surface area (Å²) in [6.07, 6.45) is 0. The van der Waals surface area contributed by atoms with Crippen molar-refractivity contribution in [1.29, 1.82) is 0 Å². The third-order valence-electron chi connectivity index (χ3n) is 1.23. The van der Waals surface area contributed by atoms with E-state index in [1.807, 2.05) is 12.1 Å². The molecule has 0 heterocycles. The summed E-state index contributed by atoms with van der Waals surface area (Å²) in [5.74, 6) is 0.657. The third kappa shape index (κ3) is 1.49. The van der Waals surface area contributed by atoms with E-state index in [1.54, 1.807) is 12.1 Å². The topological polar surface area (TPSA) is 29.5 Å². The molecule has 0 aliphatic heterocycles. The molecule has 10 heavy (non-hydrogen) atoms. The highest BCUT2D eigenvalue weighted by atomic mass is 79.9. The molecule has 0 aliphatic rings. The molecule has 0 amide bonds. The number of rotatable bonds is 2. The fraction of sp³-hybridized carbons (Fsp3) is 0.143. The van der Waals surface area contributed by atoms with Gasteiger partial charge in [-0.25, -0.2) is 0 Å². The molecular formula is C7H7BrO2. The standard InChI is InChI=1S/C7H7BrO2/c8-10-7-4-2-1-3-6(7)5-9/h1-4,9H,5H2. The largest absolute Gasteiger partial charge is 0.418 e. The molecule has 1 rings (SSSR count). The van der Waals surface area contributed by atoms with Gasteiger partial charge in [0.25, 0.3) is 0 Å². The molecule has 0 unspecified atom stereocenters. The van der Waals surface area contributed by atoms with E-state index in [0.717, 1.165) is 5.56 Å². The highest BCUT2D eigenvalue weighted by Gasteiger charge is 1.97. The minimum absolute atomic E-state index is 0.00176. The second kappa shape index (κ2) is 3.58. The Morgan fingerprint density at radius 1 is 1.40 bits per heavy atom. The van der Waals surface area contributed by atoms with E-state index in [4.69, 9.17) is 8.93 Å². The Morgan fingerprint density at radius 2 is 2.10 bits per heavy atom. The molecule has 54 valence electrons. The van der Waals surface area contributed by atoms with Crippen LogP contribution in [0.5, 0.6) is 5.75 Å².